The minimum absolute atomic E-state index is 0.132. The molecule has 0 aromatic heterocycles. The number of benzene rings is 2. The van der Waals surface area contributed by atoms with Gasteiger partial charge in [0.1, 0.15) is 0 Å². The third-order valence-corrected chi connectivity index (χ3v) is 7.28. The van der Waals surface area contributed by atoms with E-state index >= 15 is 0 Å². The van der Waals surface area contributed by atoms with E-state index in [0.717, 1.165) is 25.7 Å². The summed E-state index contributed by atoms with van der Waals surface area (Å²) in [5.74, 6) is -0.422. The van der Waals surface area contributed by atoms with Gasteiger partial charge < -0.3 is 5.32 Å². The number of aryl methyl sites for hydroxylation is 1. The van der Waals surface area contributed by atoms with Gasteiger partial charge in [0.25, 0.3) is 5.91 Å². The lowest BCUT2D eigenvalue weighted by atomic mass is 10.1. The summed E-state index contributed by atoms with van der Waals surface area (Å²) >= 11 is 12.0. The van der Waals surface area contributed by atoms with Crippen LogP contribution in [0.5, 0.6) is 0 Å². The Kier molecular flexibility index (Phi) is 6.65. The van der Waals surface area contributed by atoms with E-state index in [-0.39, 0.29) is 4.90 Å². The van der Waals surface area contributed by atoms with Crippen LogP contribution < -0.4 is 5.32 Å². The molecule has 28 heavy (non-hydrogen) atoms. The maximum atomic E-state index is 13.0. The van der Waals surface area contributed by atoms with Crippen LogP contribution in [0.3, 0.4) is 0 Å². The number of carbonyl (C=O) groups excluding carboxylic acids is 1. The second-order valence-corrected chi connectivity index (χ2v) is 9.65. The van der Waals surface area contributed by atoms with Crippen LogP contribution >= 0.6 is 23.2 Å². The molecule has 1 N–H and O–H groups in total. The van der Waals surface area contributed by atoms with Crippen LogP contribution in [0, 0.1) is 6.92 Å². The molecule has 5 nitrogen and oxygen atoms in total. The molecule has 0 aliphatic carbocycles. The Balaban J connectivity index is 1.89. The third-order valence-electron chi connectivity index (χ3n) is 4.84. The van der Waals surface area contributed by atoms with E-state index in [0.29, 0.717) is 39.9 Å². The number of amides is 1. The van der Waals surface area contributed by atoms with Gasteiger partial charge in [0.05, 0.1) is 15.6 Å². The minimum atomic E-state index is -3.63. The van der Waals surface area contributed by atoms with E-state index in [9.17, 15) is 13.2 Å². The molecule has 150 valence electrons. The molecule has 8 heteroatoms. The fraction of sp³-hybridized carbons (Fsp3) is 0.350. The molecule has 0 atom stereocenters. The van der Waals surface area contributed by atoms with Crippen LogP contribution in [0.4, 0.5) is 5.69 Å². The fourth-order valence-corrected chi connectivity index (χ4v) is 5.22. The number of hydrogen-bond donors (Lipinski definition) is 1. The molecule has 2 aromatic carbocycles. The van der Waals surface area contributed by atoms with Gasteiger partial charge in [-0.05, 0) is 55.7 Å². The topological polar surface area (TPSA) is 66.5 Å². The smallest absolute Gasteiger partial charge is 0.256 e. The highest BCUT2D eigenvalue weighted by atomic mass is 35.5. The van der Waals surface area contributed by atoms with E-state index in [1.165, 1.54) is 16.4 Å². The van der Waals surface area contributed by atoms with E-state index in [1.54, 1.807) is 31.2 Å². The molecular formula is C20H22Cl2N2O3S. The van der Waals surface area contributed by atoms with Crippen molar-refractivity contribution in [2.24, 2.45) is 0 Å². The summed E-state index contributed by atoms with van der Waals surface area (Å²) in [5, 5.41) is 3.50. The first-order valence-electron chi connectivity index (χ1n) is 9.16. The summed E-state index contributed by atoms with van der Waals surface area (Å²) in [6.45, 7) is 2.79. The molecule has 1 aliphatic heterocycles. The molecule has 0 bridgehead atoms. The summed E-state index contributed by atoms with van der Waals surface area (Å²) in [5.41, 5.74) is 1.38. The molecule has 0 radical (unpaired) electrons. The second kappa shape index (κ2) is 8.82. The standard InChI is InChI=1S/C20H22Cl2N2O3S/c1-14-6-8-16(28(26,27)24-10-4-2-3-5-11-24)13-17(14)20(25)23-19-9-7-15(21)12-18(19)22/h6-9,12-13H,2-5,10-11H2,1H3,(H,23,25). The van der Waals surface area contributed by atoms with Crippen molar-refractivity contribution in [2.45, 2.75) is 37.5 Å². The van der Waals surface area contributed by atoms with Crippen molar-refractivity contribution >= 4 is 44.8 Å². The Morgan fingerprint density at radius 3 is 2.32 bits per heavy atom. The van der Waals surface area contributed by atoms with Gasteiger partial charge in [0.2, 0.25) is 10.0 Å². The Labute approximate surface area is 175 Å². The lowest BCUT2D eigenvalue weighted by Crippen LogP contribution is -2.32. The molecule has 0 saturated carbocycles. The Hall–Kier alpha value is -1.60. The normalized spacial score (nSPS) is 15.8. The van der Waals surface area contributed by atoms with Crippen LogP contribution in [-0.4, -0.2) is 31.7 Å². The number of hydrogen-bond acceptors (Lipinski definition) is 3. The first-order valence-corrected chi connectivity index (χ1v) is 11.4. The Morgan fingerprint density at radius 1 is 1.00 bits per heavy atom. The largest absolute Gasteiger partial charge is 0.321 e. The molecule has 3 rings (SSSR count). The van der Waals surface area contributed by atoms with Gasteiger partial charge in [0.15, 0.2) is 0 Å². The summed E-state index contributed by atoms with van der Waals surface area (Å²) in [4.78, 5) is 12.9. The van der Waals surface area contributed by atoms with Gasteiger partial charge in [-0.3, -0.25) is 4.79 Å². The molecule has 1 amide bonds. The Morgan fingerprint density at radius 2 is 1.68 bits per heavy atom. The monoisotopic (exact) mass is 440 g/mol. The summed E-state index contributed by atoms with van der Waals surface area (Å²) < 4.78 is 27.6. The molecule has 2 aromatic rings. The number of halogens is 2. The van der Waals surface area contributed by atoms with Crippen LogP contribution in [0.25, 0.3) is 0 Å². The van der Waals surface area contributed by atoms with Gasteiger partial charge in [-0.1, -0.05) is 42.1 Å². The average molecular weight is 441 g/mol. The zero-order valence-electron chi connectivity index (χ0n) is 15.5. The van der Waals surface area contributed by atoms with Crippen molar-refractivity contribution in [2.75, 3.05) is 18.4 Å². The third kappa shape index (κ3) is 4.69. The Bertz CT molecular complexity index is 985. The van der Waals surface area contributed by atoms with E-state index in [1.807, 2.05) is 0 Å². The quantitative estimate of drug-likeness (QED) is 0.716. The number of anilines is 1. The van der Waals surface area contributed by atoms with Gasteiger partial charge in [-0.25, -0.2) is 8.42 Å². The minimum Gasteiger partial charge on any atom is -0.321 e. The molecule has 0 unspecified atom stereocenters. The predicted octanol–water partition coefficient (Wildman–Crippen LogP) is 5.12. The first-order chi connectivity index (χ1) is 13.3. The van der Waals surface area contributed by atoms with Crippen molar-refractivity contribution < 1.29 is 13.2 Å². The van der Waals surface area contributed by atoms with E-state index < -0.39 is 15.9 Å². The van der Waals surface area contributed by atoms with Crippen molar-refractivity contribution in [3.8, 4) is 0 Å². The highest BCUT2D eigenvalue weighted by Crippen LogP contribution is 2.27. The van der Waals surface area contributed by atoms with Crippen molar-refractivity contribution in [3.05, 3.63) is 57.6 Å². The number of nitrogens with one attached hydrogen (secondary N) is 1. The molecule has 1 aliphatic rings. The lowest BCUT2D eigenvalue weighted by molar-refractivity contribution is 0.102. The lowest BCUT2D eigenvalue weighted by Gasteiger charge is -2.20. The average Bonchev–Trinajstić information content (AvgIpc) is 2.94. The molecule has 1 fully saturated rings. The van der Waals surface area contributed by atoms with E-state index in [2.05, 4.69) is 5.32 Å². The highest BCUT2D eigenvalue weighted by Gasteiger charge is 2.26. The van der Waals surface area contributed by atoms with Crippen LogP contribution in [0.15, 0.2) is 41.3 Å². The van der Waals surface area contributed by atoms with Gasteiger partial charge >= 0.3 is 0 Å². The molecular weight excluding hydrogens is 419 g/mol. The molecule has 0 spiro atoms. The van der Waals surface area contributed by atoms with Crippen LogP contribution in [0.2, 0.25) is 10.0 Å². The van der Waals surface area contributed by atoms with Gasteiger partial charge in [-0.2, -0.15) is 4.31 Å². The summed E-state index contributed by atoms with van der Waals surface area (Å²) in [6, 6.07) is 9.41. The van der Waals surface area contributed by atoms with Gasteiger partial charge in [-0.15, -0.1) is 0 Å². The SMILES string of the molecule is Cc1ccc(S(=O)(=O)N2CCCCCC2)cc1C(=O)Nc1ccc(Cl)cc1Cl. The van der Waals surface area contributed by atoms with Crippen molar-refractivity contribution in [1.29, 1.82) is 0 Å². The maximum Gasteiger partial charge on any atom is 0.256 e. The fourth-order valence-electron chi connectivity index (χ4n) is 3.22. The first kappa shape index (κ1) is 21.1. The molecule has 1 saturated heterocycles. The second-order valence-electron chi connectivity index (χ2n) is 6.87. The number of carbonyl (C=O) groups is 1. The number of sulfonamides is 1. The van der Waals surface area contributed by atoms with Crippen LogP contribution in [-0.2, 0) is 10.0 Å². The van der Waals surface area contributed by atoms with E-state index in [4.69, 9.17) is 23.2 Å². The highest BCUT2D eigenvalue weighted by molar-refractivity contribution is 7.89. The molecule has 1 heterocycles. The zero-order valence-corrected chi connectivity index (χ0v) is 17.9. The summed E-state index contributed by atoms with van der Waals surface area (Å²) in [6.07, 6.45) is 3.78. The van der Waals surface area contributed by atoms with Gasteiger partial charge in [0, 0.05) is 23.7 Å². The van der Waals surface area contributed by atoms with Crippen molar-refractivity contribution in [3.63, 3.8) is 0 Å². The van der Waals surface area contributed by atoms with Crippen molar-refractivity contribution in [1.82, 2.24) is 4.31 Å². The summed E-state index contributed by atoms with van der Waals surface area (Å²) in [7, 11) is -3.63. The maximum absolute atomic E-state index is 13.0. The number of rotatable bonds is 4. The van der Waals surface area contributed by atoms with Crippen LogP contribution in [0.1, 0.15) is 41.6 Å². The zero-order chi connectivity index (χ0) is 20.3. The number of nitrogens with zero attached hydrogens (tertiary/aromatic N) is 1. The predicted molar refractivity (Wildman–Crippen MR) is 113 cm³/mol.